The summed E-state index contributed by atoms with van der Waals surface area (Å²) in [4.78, 5) is 23.6. The molecule has 24 heavy (non-hydrogen) atoms. The Bertz CT molecular complexity index is 751. The summed E-state index contributed by atoms with van der Waals surface area (Å²) in [6.07, 6.45) is 0. The van der Waals surface area contributed by atoms with Crippen LogP contribution in [0.15, 0.2) is 46.9 Å². The van der Waals surface area contributed by atoms with E-state index in [1.165, 1.54) is 12.1 Å². The van der Waals surface area contributed by atoms with E-state index in [0.717, 1.165) is 11.6 Å². The molecule has 0 heterocycles. The highest BCUT2D eigenvalue weighted by atomic mass is 79.9. The second kappa shape index (κ2) is 8.44. The molecule has 0 fully saturated rings. The predicted molar refractivity (Wildman–Crippen MR) is 89.2 cm³/mol. The van der Waals surface area contributed by atoms with Crippen LogP contribution in [0.5, 0.6) is 5.75 Å². The number of ether oxygens (including phenoxy) is 2. The smallest absolute Gasteiger partial charge is 0.339 e. The van der Waals surface area contributed by atoms with Crippen LogP contribution in [0.3, 0.4) is 0 Å². The first-order valence-electron chi connectivity index (χ1n) is 7.01. The molecule has 7 heteroatoms. The molecule has 0 unspecified atom stereocenters. The normalized spacial score (nSPS) is 10.1. The lowest BCUT2D eigenvalue weighted by molar-refractivity contribution is -0.124. The molecule has 0 aromatic heterocycles. The zero-order chi connectivity index (χ0) is 17.5. The van der Waals surface area contributed by atoms with Gasteiger partial charge in [0, 0.05) is 11.0 Å². The molecule has 1 N–H and O–H groups in total. The van der Waals surface area contributed by atoms with Gasteiger partial charge < -0.3 is 14.8 Å². The molecule has 5 nitrogen and oxygen atoms in total. The third kappa shape index (κ3) is 5.06. The maximum absolute atomic E-state index is 13.2. The van der Waals surface area contributed by atoms with Crippen molar-refractivity contribution in [3.63, 3.8) is 0 Å². The van der Waals surface area contributed by atoms with Crippen LogP contribution in [0.4, 0.5) is 4.39 Å². The van der Waals surface area contributed by atoms with Crippen molar-refractivity contribution in [2.45, 2.75) is 6.54 Å². The highest BCUT2D eigenvalue weighted by molar-refractivity contribution is 9.10. The van der Waals surface area contributed by atoms with Gasteiger partial charge in [-0.1, -0.05) is 12.1 Å². The van der Waals surface area contributed by atoms with Crippen molar-refractivity contribution in [2.24, 2.45) is 0 Å². The van der Waals surface area contributed by atoms with Crippen LogP contribution in [0.25, 0.3) is 0 Å². The standard InChI is InChI=1S/C17H15BrFNO4/c1-23-13-4-2-3-11(7-13)9-20-16(21)10-24-17(22)14-8-12(19)5-6-15(14)18/h2-8H,9-10H2,1H3,(H,20,21). The molecule has 0 bridgehead atoms. The van der Waals surface area contributed by atoms with E-state index in [-0.39, 0.29) is 12.1 Å². The fourth-order valence-electron chi connectivity index (χ4n) is 1.90. The lowest BCUT2D eigenvalue weighted by Crippen LogP contribution is -2.28. The number of rotatable bonds is 6. The number of benzene rings is 2. The Kier molecular flexibility index (Phi) is 6.31. The fourth-order valence-corrected chi connectivity index (χ4v) is 2.31. The quantitative estimate of drug-likeness (QED) is 0.763. The fraction of sp³-hybridized carbons (Fsp3) is 0.176. The van der Waals surface area contributed by atoms with Crippen molar-refractivity contribution in [1.82, 2.24) is 5.32 Å². The van der Waals surface area contributed by atoms with Crippen LogP contribution in [0.2, 0.25) is 0 Å². The van der Waals surface area contributed by atoms with Crippen molar-refractivity contribution in [2.75, 3.05) is 13.7 Å². The van der Waals surface area contributed by atoms with E-state index in [9.17, 15) is 14.0 Å². The van der Waals surface area contributed by atoms with Gasteiger partial charge in [0.15, 0.2) is 6.61 Å². The molecule has 0 spiro atoms. The Hall–Kier alpha value is -2.41. The van der Waals surface area contributed by atoms with E-state index >= 15 is 0 Å². The SMILES string of the molecule is COc1cccc(CNC(=O)COC(=O)c2cc(F)ccc2Br)c1. The minimum Gasteiger partial charge on any atom is -0.497 e. The average Bonchev–Trinajstić information content (AvgIpc) is 2.60. The summed E-state index contributed by atoms with van der Waals surface area (Å²) >= 11 is 3.13. The van der Waals surface area contributed by atoms with Gasteiger partial charge in [-0.25, -0.2) is 9.18 Å². The number of halogens is 2. The van der Waals surface area contributed by atoms with E-state index < -0.39 is 24.3 Å². The lowest BCUT2D eigenvalue weighted by Gasteiger charge is -2.08. The molecule has 0 aliphatic rings. The highest BCUT2D eigenvalue weighted by Gasteiger charge is 2.14. The minimum absolute atomic E-state index is 0.0237. The number of carbonyl (C=O) groups is 2. The molecule has 126 valence electrons. The number of esters is 1. The summed E-state index contributed by atoms with van der Waals surface area (Å²) in [5, 5.41) is 2.63. The van der Waals surface area contributed by atoms with E-state index in [0.29, 0.717) is 10.2 Å². The van der Waals surface area contributed by atoms with Crippen LogP contribution in [-0.4, -0.2) is 25.6 Å². The summed E-state index contributed by atoms with van der Waals surface area (Å²) in [6.45, 7) is -0.178. The largest absolute Gasteiger partial charge is 0.497 e. The Balaban J connectivity index is 1.84. The summed E-state index contributed by atoms with van der Waals surface area (Å²) in [5.41, 5.74) is 0.873. The zero-order valence-corrected chi connectivity index (χ0v) is 14.4. The van der Waals surface area contributed by atoms with Gasteiger partial charge in [-0.05, 0) is 51.8 Å². The van der Waals surface area contributed by atoms with Crippen LogP contribution >= 0.6 is 15.9 Å². The van der Waals surface area contributed by atoms with Crippen molar-refractivity contribution < 1.29 is 23.5 Å². The molecule has 0 aliphatic carbocycles. The number of hydrogen-bond acceptors (Lipinski definition) is 4. The second-order valence-electron chi connectivity index (χ2n) is 4.83. The number of carbonyl (C=O) groups excluding carboxylic acids is 2. The number of amides is 1. The molecule has 0 radical (unpaired) electrons. The summed E-state index contributed by atoms with van der Waals surface area (Å²) < 4.78 is 23.5. The maximum Gasteiger partial charge on any atom is 0.339 e. The summed E-state index contributed by atoms with van der Waals surface area (Å²) in [6, 6.07) is 10.9. The average molecular weight is 396 g/mol. The number of methoxy groups -OCH3 is 1. The summed E-state index contributed by atoms with van der Waals surface area (Å²) in [7, 11) is 1.56. The Morgan fingerprint density at radius 2 is 2.00 bits per heavy atom. The molecular weight excluding hydrogens is 381 g/mol. The molecule has 2 rings (SSSR count). The Labute approximate surface area is 146 Å². The first kappa shape index (κ1) is 17.9. The van der Waals surface area contributed by atoms with Crippen LogP contribution in [-0.2, 0) is 16.1 Å². The third-order valence-electron chi connectivity index (χ3n) is 3.11. The predicted octanol–water partition coefficient (Wildman–Crippen LogP) is 3.07. The molecule has 0 aliphatic heterocycles. The van der Waals surface area contributed by atoms with Gasteiger partial charge in [0.05, 0.1) is 12.7 Å². The zero-order valence-electron chi connectivity index (χ0n) is 12.8. The lowest BCUT2D eigenvalue weighted by atomic mass is 10.2. The van der Waals surface area contributed by atoms with E-state index in [4.69, 9.17) is 9.47 Å². The van der Waals surface area contributed by atoms with Gasteiger partial charge in [-0.3, -0.25) is 4.79 Å². The molecular formula is C17H15BrFNO4. The molecule has 1 amide bonds. The molecule has 2 aromatic rings. The van der Waals surface area contributed by atoms with Crippen LogP contribution in [0.1, 0.15) is 15.9 Å². The molecule has 0 saturated heterocycles. The van der Waals surface area contributed by atoms with Crippen molar-refractivity contribution in [3.05, 3.63) is 63.9 Å². The Morgan fingerprint density at radius 3 is 2.75 bits per heavy atom. The molecule has 2 aromatic carbocycles. The first-order valence-corrected chi connectivity index (χ1v) is 7.80. The van der Waals surface area contributed by atoms with E-state index in [2.05, 4.69) is 21.2 Å². The first-order chi connectivity index (χ1) is 11.5. The van der Waals surface area contributed by atoms with E-state index in [1.54, 1.807) is 19.2 Å². The van der Waals surface area contributed by atoms with Gasteiger partial charge >= 0.3 is 5.97 Å². The van der Waals surface area contributed by atoms with Crippen LogP contribution in [0, 0.1) is 5.82 Å². The van der Waals surface area contributed by atoms with Gasteiger partial charge in [0.25, 0.3) is 5.91 Å². The highest BCUT2D eigenvalue weighted by Crippen LogP contribution is 2.18. The molecule has 0 saturated carbocycles. The van der Waals surface area contributed by atoms with Crippen molar-refractivity contribution in [1.29, 1.82) is 0 Å². The van der Waals surface area contributed by atoms with Gasteiger partial charge in [-0.2, -0.15) is 0 Å². The van der Waals surface area contributed by atoms with Gasteiger partial charge in [-0.15, -0.1) is 0 Å². The maximum atomic E-state index is 13.2. The van der Waals surface area contributed by atoms with Gasteiger partial charge in [0.1, 0.15) is 11.6 Å². The van der Waals surface area contributed by atoms with Crippen molar-refractivity contribution in [3.8, 4) is 5.75 Å². The van der Waals surface area contributed by atoms with Crippen LogP contribution < -0.4 is 10.1 Å². The third-order valence-corrected chi connectivity index (χ3v) is 3.80. The number of nitrogens with one attached hydrogen (secondary N) is 1. The van der Waals surface area contributed by atoms with Crippen molar-refractivity contribution >= 4 is 27.8 Å². The monoisotopic (exact) mass is 395 g/mol. The molecule has 0 atom stereocenters. The Morgan fingerprint density at radius 1 is 1.21 bits per heavy atom. The minimum atomic E-state index is -0.780. The summed E-state index contributed by atoms with van der Waals surface area (Å²) in [5.74, 6) is -1.12. The van der Waals surface area contributed by atoms with Gasteiger partial charge in [0.2, 0.25) is 0 Å². The topological polar surface area (TPSA) is 64.6 Å². The second-order valence-corrected chi connectivity index (χ2v) is 5.68. The van der Waals surface area contributed by atoms with E-state index in [1.807, 2.05) is 12.1 Å². The number of hydrogen-bond donors (Lipinski definition) is 1.